The quantitative estimate of drug-likeness (QED) is 0.884. The van der Waals surface area contributed by atoms with Crippen molar-refractivity contribution in [3.8, 4) is 0 Å². The second-order valence-corrected chi connectivity index (χ2v) is 7.24. The van der Waals surface area contributed by atoms with Crippen molar-refractivity contribution in [3.63, 3.8) is 0 Å². The van der Waals surface area contributed by atoms with Gasteiger partial charge in [0.15, 0.2) is 0 Å². The molecule has 0 radical (unpaired) electrons. The second-order valence-electron chi connectivity index (χ2n) is 7.24. The number of fused-ring (bicyclic) bond motifs is 1. The molecule has 26 heavy (non-hydrogen) atoms. The third kappa shape index (κ3) is 3.60. The second kappa shape index (κ2) is 7.50. The number of benzene rings is 1. The summed E-state index contributed by atoms with van der Waals surface area (Å²) in [5.74, 6) is -0.133. The fourth-order valence-electron chi connectivity index (χ4n) is 3.90. The average molecular weight is 355 g/mol. The molecule has 1 aromatic heterocycles. The van der Waals surface area contributed by atoms with E-state index in [9.17, 15) is 9.59 Å². The summed E-state index contributed by atoms with van der Waals surface area (Å²) in [5.41, 5.74) is 1.55. The molecule has 2 N–H and O–H groups in total. The van der Waals surface area contributed by atoms with E-state index in [0.29, 0.717) is 25.3 Å². The monoisotopic (exact) mass is 355 g/mol. The van der Waals surface area contributed by atoms with E-state index >= 15 is 0 Å². The number of aromatic nitrogens is 1. The van der Waals surface area contributed by atoms with Crippen LogP contribution >= 0.6 is 0 Å². The standard InChI is InChI=1S/C20H25N3O3/c24-19(21-12-16-7-4-10-26-16)15-6-3-9-23(13-15)20(25)18-11-14-5-1-2-8-17(14)22-18/h1-2,5,8,11,15-16,22H,3-4,6-7,9-10,12-13H2,(H,21,24)/t15-,16-/m1/s1. The van der Waals surface area contributed by atoms with Crippen LogP contribution in [-0.4, -0.2) is 54.0 Å². The van der Waals surface area contributed by atoms with E-state index in [4.69, 9.17) is 4.74 Å². The highest BCUT2D eigenvalue weighted by molar-refractivity contribution is 5.98. The Bertz CT molecular complexity index is 761. The molecule has 2 fully saturated rings. The van der Waals surface area contributed by atoms with Crippen LogP contribution in [0, 0.1) is 5.92 Å². The van der Waals surface area contributed by atoms with Crippen molar-refractivity contribution in [1.29, 1.82) is 0 Å². The van der Waals surface area contributed by atoms with E-state index in [1.165, 1.54) is 0 Å². The van der Waals surface area contributed by atoms with Crippen LogP contribution < -0.4 is 5.32 Å². The number of rotatable bonds is 4. The maximum absolute atomic E-state index is 12.8. The van der Waals surface area contributed by atoms with Crippen molar-refractivity contribution in [1.82, 2.24) is 15.2 Å². The number of ether oxygens (including phenoxy) is 1. The normalized spacial score (nSPS) is 23.3. The van der Waals surface area contributed by atoms with E-state index < -0.39 is 0 Å². The van der Waals surface area contributed by atoms with Gasteiger partial charge in [0.1, 0.15) is 5.69 Å². The Hall–Kier alpha value is -2.34. The van der Waals surface area contributed by atoms with Crippen LogP contribution in [0.4, 0.5) is 0 Å². The number of H-pyrrole nitrogens is 1. The Kier molecular flexibility index (Phi) is 4.93. The minimum absolute atomic E-state index is 0.0298. The molecule has 4 rings (SSSR count). The predicted molar refractivity (Wildman–Crippen MR) is 98.9 cm³/mol. The Labute approximate surface area is 152 Å². The van der Waals surface area contributed by atoms with Gasteiger partial charge in [-0.2, -0.15) is 0 Å². The first-order valence-electron chi connectivity index (χ1n) is 9.47. The molecule has 6 nitrogen and oxygen atoms in total. The lowest BCUT2D eigenvalue weighted by molar-refractivity contribution is -0.126. The first-order chi connectivity index (χ1) is 12.7. The molecule has 138 valence electrons. The van der Waals surface area contributed by atoms with Crippen molar-refractivity contribution in [2.45, 2.75) is 31.8 Å². The lowest BCUT2D eigenvalue weighted by Crippen LogP contribution is -2.46. The van der Waals surface area contributed by atoms with Crippen LogP contribution in [0.3, 0.4) is 0 Å². The van der Waals surface area contributed by atoms with Crippen molar-refractivity contribution >= 4 is 22.7 Å². The molecular formula is C20H25N3O3. The maximum Gasteiger partial charge on any atom is 0.270 e. The highest BCUT2D eigenvalue weighted by atomic mass is 16.5. The van der Waals surface area contributed by atoms with Crippen molar-refractivity contribution in [2.75, 3.05) is 26.2 Å². The maximum atomic E-state index is 12.8. The van der Waals surface area contributed by atoms with E-state index in [2.05, 4.69) is 10.3 Å². The van der Waals surface area contributed by atoms with Gasteiger partial charge in [0.2, 0.25) is 5.91 Å². The van der Waals surface area contributed by atoms with E-state index in [-0.39, 0.29) is 23.8 Å². The summed E-state index contributed by atoms with van der Waals surface area (Å²) in [6.45, 7) is 2.54. The van der Waals surface area contributed by atoms with Crippen LogP contribution in [0.25, 0.3) is 10.9 Å². The number of para-hydroxylation sites is 1. The van der Waals surface area contributed by atoms with Crippen molar-refractivity contribution in [2.24, 2.45) is 5.92 Å². The molecule has 6 heteroatoms. The van der Waals surface area contributed by atoms with E-state index in [0.717, 1.165) is 43.2 Å². The van der Waals surface area contributed by atoms with Crippen LogP contribution in [0.2, 0.25) is 0 Å². The number of hydrogen-bond donors (Lipinski definition) is 2. The molecule has 0 bridgehead atoms. The Morgan fingerprint density at radius 2 is 2.12 bits per heavy atom. The molecule has 2 aromatic rings. The van der Waals surface area contributed by atoms with Gasteiger partial charge in [0.25, 0.3) is 5.91 Å². The fourth-order valence-corrected chi connectivity index (χ4v) is 3.90. The first-order valence-corrected chi connectivity index (χ1v) is 9.47. The van der Waals surface area contributed by atoms with Gasteiger partial charge in [-0.1, -0.05) is 18.2 Å². The SMILES string of the molecule is O=C(NC[C@H]1CCCO1)[C@@H]1CCCN(C(=O)c2cc3ccccc3[nH]2)C1. The topological polar surface area (TPSA) is 74.4 Å². The highest BCUT2D eigenvalue weighted by Gasteiger charge is 2.30. The van der Waals surface area contributed by atoms with Crippen molar-refractivity contribution < 1.29 is 14.3 Å². The van der Waals surface area contributed by atoms with Crippen molar-refractivity contribution in [3.05, 3.63) is 36.0 Å². The Balaban J connectivity index is 1.37. The number of aromatic amines is 1. The number of amides is 2. The molecule has 0 aliphatic carbocycles. The summed E-state index contributed by atoms with van der Waals surface area (Å²) in [5, 5.41) is 4.03. The zero-order valence-corrected chi connectivity index (χ0v) is 14.9. The molecular weight excluding hydrogens is 330 g/mol. The molecule has 2 saturated heterocycles. The van der Waals surface area contributed by atoms with Crippen LogP contribution in [0.5, 0.6) is 0 Å². The Morgan fingerprint density at radius 1 is 1.23 bits per heavy atom. The molecule has 1 aromatic carbocycles. The van der Waals surface area contributed by atoms with Crippen LogP contribution in [0.1, 0.15) is 36.2 Å². The lowest BCUT2D eigenvalue weighted by atomic mass is 9.96. The Morgan fingerprint density at radius 3 is 2.92 bits per heavy atom. The van der Waals surface area contributed by atoms with Gasteiger partial charge in [-0.15, -0.1) is 0 Å². The smallest absolute Gasteiger partial charge is 0.270 e. The lowest BCUT2D eigenvalue weighted by Gasteiger charge is -2.32. The number of nitrogens with zero attached hydrogens (tertiary/aromatic N) is 1. The minimum Gasteiger partial charge on any atom is -0.376 e. The third-order valence-electron chi connectivity index (χ3n) is 5.37. The molecule has 0 unspecified atom stereocenters. The highest BCUT2D eigenvalue weighted by Crippen LogP contribution is 2.21. The fraction of sp³-hybridized carbons (Fsp3) is 0.500. The summed E-state index contributed by atoms with van der Waals surface area (Å²) in [6, 6.07) is 9.74. The molecule has 0 spiro atoms. The number of piperidine rings is 1. The summed E-state index contributed by atoms with van der Waals surface area (Å²) < 4.78 is 5.55. The van der Waals surface area contributed by atoms with Crippen LogP contribution in [0.15, 0.2) is 30.3 Å². The summed E-state index contributed by atoms with van der Waals surface area (Å²) in [6.07, 6.45) is 3.90. The summed E-state index contributed by atoms with van der Waals surface area (Å²) in [4.78, 5) is 30.3. The van der Waals surface area contributed by atoms with Gasteiger partial charge in [0, 0.05) is 37.1 Å². The molecule has 3 heterocycles. The van der Waals surface area contributed by atoms with Gasteiger partial charge in [-0.05, 0) is 37.8 Å². The first kappa shape index (κ1) is 17.1. The number of likely N-dealkylation sites (tertiary alicyclic amines) is 1. The zero-order chi connectivity index (χ0) is 17.9. The predicted octanol–water partition coefficient (Wildman–Crippen LogP) is 2.32. The van der Waals surface area contributed by atoms with Gasteiger partial charge in [-0.25, -0.2) is 0 Å². The largest absolute Gasteiger partial charge is 0.376 e. The zero-order valence-electron chi connectivity index (χ0n) is 14.9. The van der Waals surface area contributed by atoms with Gasteiger partial charge in [-0.3, -0.25) is 9.59 Å². The van der Waals surface area contributed by atoms with E-state index in [1.54, 1.807) is 4.90 Å². The van der Waals surface area contributed by atoms with Gasteiger partial charge < -0.3 is 19.9 Å². The number of carbonyl (C=O) groups is 2. The number of carbonyl (C=O) groups excluding carboxylic acids is 2. The van der Waals surface area contributed by atoms with Gasteiger partial charge in [0.05, 0.1) is 12.0 Å². The van der Waals surface area contributed by atoms with E-state index in [1.807, 2.05) is 30.3 Å². The molecule has 2 amide bonds. The molecule has 2 atom stereocenters. The number of nitrogens with one attached hydrogen (secondary N) is 2. The number of hydrogen-bond acceptors (Lipinski definition) is 3. The molecule has 2 aliphatic rings. The van der Waals surface area contributed by atoms with Crippen LogP contribution in [-0.2, 0) is 9.53 Å². The minimum atomic E-state index is -0.140. The molecule has 2 aliphatic heterocycles. The summed E-state index contributed by atoms with van der Waals surface area (Å²) in [7, 11) is 0. The summed E-state index contributed by atoms with van der Waals surface area (Å²) >= 11 is 0. The average Bonchev–Trinajstić information content (AvgIpc) is 3.35. The van der Waals surface area contributed by atoms with Gasteiger partial charge >= 0.3 is 0 Å². The molecule has 0 saturated carbocycles. The third-order valence-corrected chi connectivity index (χ3v) is 5.37.